The van der Waals surface area contributed by atoms with Crippen molar-refractivity contribution in [1.82, 2.24) is 5.32 Å². The van der Waals surface area contributed by atoms with Gasteiger partial charge in [-0.15, -0.1) is 0 Å². The third-order valence-electron chi connectivity index (χ3n) is 2.54. The van der Waals surface area contributed by atoms with Crippen LogP contribution in [-0.2, 0) is 13.2 Å². The maximum Gasteiger partial charge on any atom is 0.0681 e. The molecule has 1 rings (SSSR count). The summed E-state index contributed by atoms with van der Waals surface area (Å²) in [5.41, 5.74) is 2.09. The minimum absolute atomic E-state index is 0.0862. The lowest BCUT2D eigenvalue weighted by Gasteiger charge is -2.10. The first-order chi connectivity index (χ1) is 7.76. The van der Waals surface area contributed by atoms with Gasteiger partial charge in [0.25, 0.3) is 0 Å². The number of nitrogens with one attached hydrogen (secondary N) is 1. The molecule has 1 unspecified atom stereocenters. The molecule has 3 N–H and O–H groups in total. The molecule has 0 saturated heterocycles. The molecule has 16 heavy (non-hydrogen) atoms. The molecule has 0 aliphatic carbocycles. The maximum atomic E-state index is 9.51. The van der Waals surface area contributed by atoms with Crippen LogP contribution >= 0.6 is 0 Å². The van der Waals surface area contributed by atoms with E-state index in [1.807, 2.05) is 24.3 Å². The Kier molecular flexibility index (Phi) is 6.08. The molecule has 3 nitrogen and oxygen atoms in total. The van der Waals surface area contributed by atoms with E-state index < -0.39 is 0 Å². The van der Waals surface area contributed by atoms with E-state index in [4.69, 9.17) is 5.11 Å². The summed E-state index contributed by atoms with van der Waals surface area (Å²) in [6.07, 6.45) is 1.60. The quantitative estimate of drug-likeness (QED) is 0.655. The third kappa shape index (κ3) is 4.75. The van der Waals surface area contributed by atoms with E-state index >= 15 is 0 Å². The van der Waals surface area contributed by atoms with E-state index in [0.717, 1.165) is 24.9 Å². The Morgan fingerprint density at radius 3 is 2.38 bits per heavy atom. The van der Waals surface area contributed by atoms with Crippen molar-refractivity contribution in [2.45, 2.75) is 39.0 Å². The Bertz CT molecular complexity index is 284. The molecule has 1 aromatic carbocycles. The van der Waals surface area contributed by atoms with E-state index in [0.29, 0.717) is 6.54 Å². The SMILES string of the molecule is CCCC(O)CNCc1ccc(CO)cc1. The fourth-order valence-corrected chi connectivity index (χ4v) is 1.58. The summed E-state index contributed by atoms with van der Waals surface area (Å²) in [5, 5.41) is 21.6. The Labute approximate surface area is 97.1 Å². The van der Waals surface area contributed by atoms with Gasteiger partial charge in [0, 0.05) is 13.1 Å². The topological polar surface area (TPSA) is 52.5 Å². The number of hydrogen-bond acceptors (Lipinski definition) is 3. The Balaban J connectivity index is 2.26. The number of benzene rings is 1. The summed E-state index contributed by atoms with van der Waals surface area (Å²) in [5.74, 6) is 0. The Morgan fingerprint density at radius 1 is 1.19 bits per heavy atom. The van der Waals surface area contributed by atoms with Crippen LogP contribution in [-0.4, -0.2) is 22.9 Å². The van der Waals surface area contributed by atoms with Crippen molar-refractivity contribution in [2.24, 2.45) is 0 Å². The Morgan fingerprint density at radius 2 is 1.81 bits per heavy atom. The van der Waals surface area contributed by atoms with Gasteiger partial charge < -0.3 is 15.5 Å². The van der Waals surface area contributed by atoms with Gasteiger partial charge in [-0.2, -0.15) is 0 Å². The van der Waals surface area contributed by atoms with Gasteiger partial charge in [-0.25, -0.2) is 0 Å². The van der Waals surface area contributed by atoms with E-state index in [1.54, 1.807) is 0 Å². The van der Waals surface area contributed by atoms with Crippen LogP contribution in [0.15, 0.2) is 24.3 Å². The monoisotopic (exact) mass is 223 g/mol. The van der Waals surface area contributed by atoms with E-state index in [9.17, 15) is 5.11 Å². The molecule has 3 heteroatoms. The van der Waals surface area contributed by atoms with Gasteiger partial charge in [0.2, 0.25) is 0 Å². The molecule has 0 radical (unpaired) electrons. The van der Waals surface area contributed by atoms with Crippen LogP contribution in [0.3, 0.4) is 0 Å². The van der Waals surface area contributed by atoms with Gasteiger partial charge in [-0.1, -0.05) is 37.6 Å². The number of hydrogen-bond donors (Lipinski definition) is 3. The van der Waals surface area contributed by atoms with Crippen molar-refractivity contribution < 1.29 is 10.2 Å². The zero-order valence-corrected chi connectivity index (χ0v) is 9.82. The van der Waals surface area contributed by atoms with E-state index in [1.165, 1.54) is 5.56 Å². The summed E-state index contributed by atoms with van der Waals surface area (Å²) in [4.78, 5) is 0. The highest BCUT2D eigenvalue weighted by Crippen LogP contribution is 2.04. The van der Waals surface area contributed by atoms with Crippen LogP contribution in [0.2, 0.25) is 0 Å². The van der Waals surface area contributed by atoms with Gasteiger partial charge in [0.05, 0.1) is 12.7 Å². The number of aliphatic hydroxyl groups excluding tert-OH is 2. The molecule has 0 bridgehead atoms. The molecule has 0 amide bonds. The molecule has 0 aliphatic rings. The minimum Gasteiger partial charge on any atom is -0.392 e. The average Bonchev–Trinajstić information content (AvgIpc) is 2.30. The first-order valence-electron chi connectivity index (χ1n) is 5.83. The first kappa shape index (κ1) is 13.2. The molecule has 0 fully saturated rings. The van der Waals surface area contributed by atoms with Crippen molar-refractivity contribution in [3.05, 3.63) is 35.4 Å². The highest BCUT2D eigenvalue weighted by atomic mass is 16.3. The summed E-state index contributed by atoms with van der Waals surface area (Å²) < 4.78 is 0. The summed E-state index contributed by atoms with van der Waals surface area (Å²) in [6, 6.07) is 7.81. The van der Waals surface area contributed by atoms with Crippen molar-refractivity contribution >= 4 is 0 Å². The average molecular weight is 223 g/mol. The predicted octanol–water partition coefficient (Wildman–Crippen LogP) is 1.43. The van der Waals surface area contributed by atoms with Crippen LogP contribution in [0.5, 0.6) is 0 Å². The lowest BCUT2D eigenvalue weighted by Crippen LogP contribution is -2.26. The highest BCUT2D eigenvalue weighted by Gasteiger charge is 2.01. The molecule has 0 aromatic heterocycles. The summed E-state index contributed by atoms with van der Waals surface area (Å²) in [6.45, 7) is 3.54. The van der Waals surface area contributed by atoms with Crippen molar-refractivity contribution in [3.63, 3.8) is 0 Å². The normalized spacial score (nSPS) is 12.7. The fraction of sp³-hybridized carbons (Fsp3) is 0.538. The van der Waals surface area contributed by atoms with Crippen LogP contribution < -0.4 is 5.32 Å². The van der Waals surface area contributed by atoms with Gasteiger partial charge in [-0.05, 0) is 17.5 Å². The minimum atomic E-state index is -0.248. The lowest BCUT2D eigenvalue weighted by atomic mass is 10.1. The van der Waals surface area contributed by atoms with E-state index in [2.05, 4.69) is 12.2 Å². The maximum absolute atomic E-state index is 9.51. The molecular formula is C13H21NO2. The van der Waals surface area contributed by atoms with Crippen molar-refractivity contribution in [2.75, 3.05) is 6.54 Å². The molecule has 0 aliphatic heterocycles. The van der Waals surface area contributed by atoms with Gasteiger partial charge in [0.1, 0.15) is 0 Å². The van der Waals surface area contributed by atoms with Gasteiger partial charge in [-0.3, -0.25) is 0 Å². The molecule has 0 saturated carbocycles. The van der Waals surface area contributed by atoms with Crippen LogP contribution in [0, 0.1) is 0 Å². The van der Waals surface area contributed by atoms with Crippen LogP contribution in [0.4, 0.5) is 0 Å². The second kappa shape index (κ2) is 7.39. The smallest absolute Gasteiger partial charge is 0.0681 e. The van der Waals surface area contributed by atoms with E-state index in [-0.39, 0.29) is 12.7 Å². The molecule has 1 aromatic rings. The molecule has 1 atom stereocenters. The van der Waals surface area contributed by atoms with Gasteiger partial charge >= 0.3 is 0 Å². The zero-order chi connectivity index (χ0) is 11.8. The second-order valence-corrected chi connectivity index (χ2v) is 4.05. The second-order valence-electron chi connectivity index (χ2n) is 4.05. The van der Waals surface area contributed by atoms with Gasteiger partial charge in [0.15, 0.2) is 0 Å². The van der Waals surface area contributed by atoms with Crippen LogP contribution in [0.1, 0.15) is 30.9 Å². The van der Waals surface area contributed by atoms with Crippen molar-refractivity contribution in [3.8, 4) is 0 Å². The summed E-state index contributed by atoms with van der Waals surface area (Å²) >= 11 is 0. The lowest BCUT2D eigenvalue weighted by molar-refractivity contribution is 0.160. The standard InChI is InChI=1S/C13H21NO2/c1-2-3-13(16)9-14-8-11-4-6-12(10-15)7-5-11/h4-7,13-16H,2-3,8-10H2,1H3. The fourth-order valence-electron chi connectivity index (χ4n) is 1.58. The molecular weight excluding hydrogens is 202 g/mol. The molecule has 0 spiro atoms. The zero-order valence-electron chi connectivity index (χ0n) is 9.82. The number of rotatable bonds is 7. The van der Waals surface area contributed by atoms with Crippen LogP contribution in [0.25, 0.3) is 0 Å². The summed E-state index contributed by atoms with van der Waals surface area (Å²) in [7, 11) is 0. The molecule has 0 heterocycles. The van der Waals surface area contributed by atoms with Crippen molar-refractivity contribution in [1.29, 1.82) is 0 Å². The third-order valence-corrected chi connectivity index (χ3v) is 2.54. The Hall–Kier alpha value is -0.900. The highest BCUT2D eigenvalue weighted by molar-refractivity contribution is 5.21. The largest absolute Gasteiger partial charge is 0.392 e. The molecule has 90 valence electrons. The first-order valence-corrected chi connectivity index (χ1v) is 5.83. The number of aliphatic hydroxyl groups is 2. The predicted molar refractivity (Wildman–Crippen MR) is 65.0 cm³/mol.